The number of allylic oxidation sites excluding steroid dienone is 2. The summed E-state index contributed by atoms with van der Waals surface area (Å²) in [5.74, 6) is 0. The molecule has 0 radical (unpaired) electrons. The Balaban J connectivity index is 2.19. The normalized spacial score (nSPS) is 28.7. The molecule has 2 heteroatoms. The van der Waals surface area contributed by atoms with Gasteiger partial charge in [0, 0.05) is 4.86 Å². The standard InChI is InChI=1S/C13H19NS/c1-10-6-7-12(15)13(11(10)2)14-8-4-3-5-9-14/h6-7,13H,3-5,8-9H2,1-2H3. The molecule has 0 spiro atoms. The zero-order valence-corrected chi connectivity index (χ0v) is 10.4. The smallest absolute Gasteiger partial charge is 0.0666 e. The fraction of sp³-hybridized carbons (Fsp3) is 0.615. The number of piperidine rings is 1. The fourth-order valence-corrected chi connectivity index (χ4v) is 2.88. The minimum Gasteiger partial charge on any atom is -0.292 e. The molecule has 1 heterocycles. The van der Waals surface area contributed by atoms with Crippen LogP contribution >= 0.6 is 12.2 Å². The first kappa shape index (κ1) is 11.0. The molecule has 1 fully saturated rings. The largest absolute Gasteiger partial charge is 0.292 e. The summed E-state index contributed by atoms with van der Waals surface area (Å²) < 4.78 is 0. The summed E-state index contributed by atoms with van der Waals surface area (Å²) in [7, 11) is 0. The lowest BCUT2D eigenvalue weighted by atomic mass is 9.92. The minimum atomic E-state index is 0.408. The van der Waals surface area contributed by atoms with E-state index < -0.39 is 0 Å². The summed E-state index contributed by atoms with van der Waals surface area (Å²) in [4.78, 5) is 3.65. The van der Waals surface area contributed by atoms with E-state index in [2.05, 4.69) is 30.9 Å². The van der Waals surface area contributed by atoms with Crippen molar-refractivity contribution in [2.45, 2.75) is 39.2 Å². The number of hydrogen-bond acceptors (Lipinski definition) is 2. The van der Waals surface area contributed by atoms with Gasteiger partial charge in [0.1, 0.15) is 0 Å². The van der Waals surface area contributed by atoms with Gasteiger partial charge in [0.05, 0.1) is 6.04 Å². The molecule has 2 rings (SSSR count). The van der Waals surface area contributed by atoms with Gasteiger partial charge in [0.25, 0.3) is 0 Å². The summed E-state index contributed by atoms with van der Waals surface area (Å²) in [5.41, 5.74) is 2.84. The molecule has 2 aliphatic rings. The molecule has 15 heavy (non-hydrogen) atoms. The Morgan fingerprint density at radius 2 is 1.80 bits per heavy atom. The van der Waals surface area contributed by atoms with E-state index in [9.17, 15) is 0 Å². The van der Waals surface area contributed by atoms with E-state index in [1.165, 1.54) is 43.5 Å². The van der Waals surface area contributed by atoms with Gasteiger partial charge in [-0.1, -0.05) is 30.3 Å². The average molecular weight is 221 g/mol. The molecule has 0 aromatic carbocycles. The molecular weight excluding hydrogens is 202 g/mol. The molecule has 0 bridgehead atoms. The Morgan fingerprint density at radius 1 is 1.13 bits per heavy atom. The molecule has 0 aromatic rings. The van der Waals surface area contributed by atoms with Gasteiger partial charge in [-0.15, -0.1) is 0 Å². The van der Waals surface area contributed by atoms with Crippen LogP contribution in [0.2, 0.25) is 0 Å². The Bertz CT molecular complexity index is 321. The van der Waals surface area contributed by atoms with Crippen molar-refractivity contribution in [1.29, 1.82) is 0 Å². The minimum absolute atomic E-state index is 0.408. The summed E-state index contributed by atoms with van der Waals surface area (Å²) >= 11 is 5.48. The van der Waals surface area contributed by atoms with Crippen LogP contribution < -0.4 is 0 Å². The maximum absolute atomic E-state index is 5.48. The predicted molar refractivity (Wildman–Crippen MR) is 69.3 cm³/mol. The van der Waals surface area contributed by atoms with E-state index >= 15 is 0 Å². The summed E-state index contributed by atoms with van der Waals surface area (Å²) in [6, 6.07) is 0.408. The molecule has 1 atom stereocenters. The first-order valence-corrected chi connectivity index (χ1v) is 6.24. The van der Waals surface area contributed by atoms with Crippen molar-refractivity contribution in [3.05, 3.63) is 23.3 Å². The van der Waals surface area contributed by atoms with Crippen molar-refractivity contribution in [3.63, 3.8) is 0 Å². The van der Waals surface area contributed by atoms with Crippen LogP contribution in [0.5, 0.6) is 0 Å². The summed E-state index contributed by atoms with van der Waals surface area (Å²) in [6.07, 6.45) is 8.30. The molecule has 1 unspecified atom stereocenters. The van der Waals surface area contributed by atoms with E-state index in [1.54, 1.807) is 0 Å². The van der Waals surface area contributed by atoms with Gasteiger partial charge >= 0.3 is 0 Å². The first-order valence-electron chi connectivity index (χ1n) is 5.83. The topological polar surface area (TPSA) is 3.24 Å². The van der Waals surface area contributed by atoms with Crippen molar-refractivity contribution < 1.29 is 0 Å². The monoisotopic (exact) mass is 221 g/mol. The maximum atomic E-state index is 5.48. The first-order chi connectivity index (χ1) is 7.20. The van der Waals surface area contributed by atoms with E-state index in [4.69, 9.17) is 12.2 Å². The second kappa shape index (κ2) is 4.58. The molecule has 0 amide bonds. The highest BCUT2D eigenvalue weighted by atomic mass is 32.1. The summed E-state index contributed by atoms with van der Waals surface area (Å²) in [5, 5.41) is 0. The fourth-order valence-electron chi connectivity index (χ4n) is 2.49. The van der Waals surface area contributed by atoms with E-state index in [0.29, 0.717) is 6.04 Å². The van der Waals surface area contributed by atoms with E-state index in [-0.39, 0.29) is 0 Å². The second-order valence-corrected chi connectivity index (χ2v) is 5.07. The van der Waals surface area contributed by atoms with Crippen LogP contribution in [0.3, 0.4) is 0 Å². The van der Waals surface area contributed by atoms with Crippen LogP contribution in [0.15, 0.2) is 23.3 Å². The molecule has 1 saturated heterocycles. The number of thiocarbonyl (C=S) groups is 1. The third kappa shape index (κ3) is 2.21. The molecule has 82 valence electrons. The van der Waals surface area contributed by atoms with Gasteiger partial charge in [0.15, 0.2) is 0 Å². The van der Waals surface area contributed by atoms with Gasteiger partial charge in [-0.2, -0.15) is 0 Å². The van der Waals surface area contributed by atoms with Crippen molar-refractivity contribution >= 4 is 17.1 Å². The van der Waals surface area contributed by atoms with Crippen LogP contribution in [0, 0.1) is 0 Å². The van der Waals surface area contributed by atoms with Crippen LogP contribution in [-0.4, -0.2) is 28.9 Å². The molecule has 0 aromatic heterocycles. The molecule has 1 nitrogen and oxygen atoms in total. The summed E-state index contributed by atoms with van der Waals surface area (Å²) in [6.45, 7) is 6.83. The Kier molecular flexibility index (Phi) is 3.37. The van der Waals surface area contributed by atoms with Crippen LogP contribution in [0.4, 0.5) is 0 Å². The quantitative estimate of drug-likeness (QED) is 0.626. The van der Waals surface area contributed by atoms with Gasteiger partial charge < -0.3 is 0 Å². The SMILES string of the molecule is CC1=C(C)C(N2CCCCC2)C(=S)C=C1. The number of rotatable bonds is 1. The number of hydrogen-bond donors (Lipinski definition) is 0. The number of nitrogens with zero attached hydrogens (tertiary/aromatic N) is 1. The highest BCUT2D eigenvalue weighted by molar-refractivity contribution is 7.80. The zero-order valence-electron chi connectivity index (χ0n) is 9.62. The maximum Gasteiger partial charge on any atom is 0.0666 e. The predicted octanol–water partition coefficient (Wildman–Crippen LogP) is 3.12. The molecule has 1 aliphatic heterocycles. The van der Waals surface area contributed by atoms with Gasteiger partial charge in [0.2, 0.25) is 0 Å². The highest BCUT2D eigenvalue weighted by Gasteiger charge is 2.26. The van der Waals surface area contributed by atoms with Crippen LogP contribution in [0.1, 0.15) is 33.1 Å². The molecular formula is C13H19NS. The van der Waals surface area contributed by atoms with Crippen LogP contribution in [-0.2, 0) is 0 Å². The lowest BCUT2D eigenvalue weighted by Crippen LogP contribution is -2.44. The number of likely N-dealkylation sites (tertiary alicyclic amines) is 1. The van der Waals surface area contributed by atoms with Crippen molar-refractivity contribution in [1.82, 2.24) is 4.90 Å². The van der Waals surface area contributed by atoms with Crippen molar-refractivity contribution in [2.75, 3.05) is 13.1 Å². The molecule has 1 aliphatic carbocycles. The Labute approximate surface area is 97.8 Å². The zero-order chi connectivity index (χ0) is 10.8. The Morgan fingerprint density at radius 3 is 2.47 bits per heavy atom. The third-order valence-electron chi connectivity index (χ3n) is 3.56. The van der Waals surface area contributed by atoms with Crippen LogP contribution in [0.25, 0.3) is 0 Å². The van der Waals surface area contributed by atoms with Gasteiger partial charge in [-0.25, -0.2) is 0 Å². The molecule has 0 saturated carbocycles. The van der Waals surface area contributed by atoms with E-state index in [0.717, 1.165) is 4.86 Å². The second-order valence-electron chi connectivity index (χ2n) is 4.60. The van der Waals surface area contributed by atoms with Gasteiger partial charge in [-0.3, -0.25) is 4.90 Å². The lowest BCUT2D eigenvalue weighted by molar-refractivity contribution is 0.220. The third-order valence-corrected chi connectivity index (χ3v) is 3.91. The van der Waals surface area contributed by atoms with Crippen molar-refractivity contribution in [2.24, 2.45) is 0 Å². The van der Waals surface area contributed by atoms with E-state index in [1.807, 2.05) is 0 Å². The van der Waals surface area contributed by atoms with Gasteiger partial charge in [-0.05, 0) is 51.4 Å². The average Bonchev–Trinajstić information content (AvgIpc) is 2.26. The highest BCUT2D eigenvalue weighted by Crippen LogP contribution is 2.24. The lowest BCUT2D eigenvalue weighted by Gasteiger charge is -2.36. The molecule has 0 N–H and O–H groups in total. The Hall–Kier alpha value is -0.470. The van der Waals surface area contributed by atoms with Crippen molar-refractivity contribution in [3.8, 4) is 0 Å².